The van der Waals surface area contributed by atoms with Crippen molar-refractivity contribution in [3.8, 4) is 11.1 Å². The van der Waals surface area contributed by atoms with E-state index in [2.05, 4.69) is 43.4 Å². The molecule has 3 rings (SSSR count). The van der Waals surface area contributed by atoms with Crippen LogP contribution in [0, 0.1) is 11.3 Å². The lowest BCUT2D eigenvalue weighted by Gasteiger charge is -2.29. The van der Waals surface area contributed by atoms with Crippen molar-refractivity contribution >= 4 is 11.8 Å². The summed E-state index contributed by atoms with van der Waals surface area (Å²) in [6, 6.07) is 18.6. The summed E-state index contributed by atoms with van der Waals surface area (Å²) in [5.41, 5.74) is 2.89. The van der Waals surface area contributed by atoms with Crippen LogP contribution in [-0.2, 0) is 16.0 Å². The molecule has 154 valence electrons. The summed E-state index contributed by atoms with van der Waals surface area (Å²) in [5.74, 6) is 0.586. The average molecular weight is 393 g/mol. The standard InChI is InChI=1S/C25H32N2O2/c1-4-23(28)27-15-14-25(18-27,24(29)26-17-19(2)3)16-21-12-8-9-13-22(21)20-10-6-5-7-11-20/h5-13,19H,4,14-18H2,1-3H3,(H,26,29)/t25-/m1/s1. The van der Waals surface area contributed by atoms with Gasteiger partial charge in [-0.1, -0.05) is 75.4 Å². The van der Waals surface area contributed by atoms with E-state index < -0.39 is 5.41 Å². The molecule has 2 aromatic rings. The number of rotatable bonds is 7. The van der Waals surface area contributed by atoms with Gasteiger partial charge in [-0.05, 0) is 35.4 Å². The molecule has 4 nitrogen and oxygen atoms in total. The van der Waals surface area contributed by atoms with Gasteiger partial charge in [0.05, 0.1) is 5.41 Å². The number of benzene rings is 2. The molecule has 1 N–H and O–H groups in total. The van der Waals surface area contributed by atoms with Crippen molar-refractivity contribution in [3.63, 3.8) is 0 Å². The van der Waals surface area contributed by atoms with E-state index in [1.165, 1.54) is 0 Å². The Morgan fingerprint density at radius 1 is 1.07 bits per heavy atom. The van der Waals surface area contributed by atoms with Crippen molar-refractivity contribution in [3.05, 3.63) is 60.2 Å². The maximum atomic E-state index is 13.3. The number of nitrogens with zero attached hydrogens (tertiary/aromatic N) is 1. The minimum absolute atomic E-state index is 0.0699. The van der Waals surface area contributed by atoms with Gasteiger partial charge in [0, 0.05) is 26.1 Å². The maximum absolute atomic E-state index is 13.3. The molecule has 1 aliphatic rings. The number of hydrogen-bond acceptors (Lipinski definition) is 2. The van der Waals surface area contributed by atoms with Crippen molar-refractivity contribution in [2.75, 3.05) is 19.6 Å². The number of carbonyl (C=O) groups excluding carboxylic acids is 2. The highest BCUT2D eigenvalue weighted by molar-refractivity contribution is 5.86. The molecule has 0 aromatic heterocycles. The van der Waals surface area contributed by atoms with Gasteiger partial charge in [-0.3, -0.25) is 9.59 Å². The van der Waals surface area contributed by atoms with Crippen LogP contribution >= 0.6 is 0 Å². The second-order valence-electron chi connectivity index (χ2n) is 8.50. The molecular weight excluding hydrogens is 360 g/mol. The van der Waals surface area contributed by atoms with Crippen molar-refractivity contribution in [1.82, 2.24) is 10.2 Å². The van der Waals surface area contributed by atoms with E-state index in [-0.39, 0.29) is 11.8 Å². The highest BCUT2D eigenvalue weighted by Crippen LogP contribution is 2.37. The summed E-state index contributed by atoms with van der Waals surface area (Å²) in [6.45, 7) is 7.87. The minimum atomic E-state index is -0.579. The smallest absolute Gasteiger partial charge is 0.228 e. The predicted octanol–water partition coefficient (Wildman–Crippen LogP) is 4.30. The summed E-state index contributed by atoms with van der Waals surface area (Å²) in [4.78, 5) is 27.5. The van der Waals surface area contributed by atoms with Crippen LogP contribution in [-0.4, -0.2) is 36.3 Å². The topological polar surface area (TPSA) is 49.4 Å². The van der Waals surface area contributed by atoms with Crippen LogP contribution in [0.2, 0.25) is 0 Å². The highest BCUT2D eigenvalue weighted by Gasteiger charge is 2.45. The summed E-state index contributed by atoms with van der Waals surface area (Å²) in [5, 5.41) is 3.14. The molecule has 1 fully saturated rings. The molecule has 0 spiro atoms. The Balaban J connectivity index is 1.93. The first-order valence-electron chi connectivity index (χ1n) is 10.6. The van der Waals surface area contributed by atoms with Gasteiger partial charge in [0.25, 0.3) is 0 Å². The van der Waals surface area contributed by atoms with E-state index in [0.29, 0.717) is 44.8 Å². The van der Waals surface area contributed by atoms with E-state index >= 15 is 0 Å². The van der Waals surface area contributed by atoms with E-state index in [4.69, 9.17) is 0 Å². The zero-order chi connectivity index (χ0) is 20.9. The zero-order valence-corrected chi connectivity index (χ0v) is 17.8. The fraction of sp³-hybridized carbons (Fsp3) is 0.440. The second kappa shape index (κ2) is 9.25. The maximum Gasteiger partial charge on any atom is 0.228 e. The molecule has 0 unspecified atom stereocenters. The molecule has 0 aliphatic carbocycles. The lowest BCUT2D eigenvalue weighted by atomic mass is 9.78. The average Bonchev–Trinajstić information content (AvgIpc) is 3.17. The fourth-order valence-electron chi connectivity index (χ4n) is 4.14. The van der Waals surface area contributed by atoms with E-state index in [1.807, 2.05) is 42.2 Å². The van der Waals surface area contributed by atoms with Gasteiger partial charge < -0.3 is 10.2 Å². The molecule has 0 radical (unpaired) electrons. The van der Waals surface area contributed by atoms with Crippen LogP contribution < -0.4 is 5.32 Å². The first-order chi connectivity index (χ1) is 13.9. The third kappa shape index (κ3) is 4.87. The van der Waals surface area contributed by atoms with Crippen molar-refractivity contribution < 1.29 is 9.59 Å². The van der Waals surface area contributed by atoms with Gasteiger partial charge in [0.15, 0.2) is 0 Å². The molecule has 1 atom stereocenters. The molecular formula is C25H32N2O2. The Hall–Kier alpha value is -2.62. The van der Waals surface area contributed by atoms with Gasteiger partial charge >= 0.3 is 0 Å². The Kier molecular flexibility index (Phi) is 6.73. The summed E-state index contributed by atoms with van der Waals surface area (Å²) in [7, 11) is 0. The van der Waals surface area contributed by atoms with E-state index in [0.717, 1.165) is 16.7 Å². The molecule has 2 aromatic carbocycles. The molecule has 0 bridgehead atoms. The van der Waals surface area contributed by atoms with Crippen LogP contribution in [0.15, 0.2) is 54.6 Å². The van der Waals surface area contributed by atoms with E-state index in [1.54, 1.807) is 0 Å². The van der Waals surface area contributed by atoms with Gasteiger partial charge in [-0.25, -0.2) is 0 Å². The second-order valence-corrected chi connectivity index (χ2v) is 8.50. The van der Waals surface area contributed by atoms with Crippen LogP contribution in [0.4, 0.5) is 0 Å². The number of hydrogen-bond donors (Lipinski definition) is 1. The molecule has 4 heteroatoms. The number of amides is 2. The highest BCUT2D eigenvalue weighted by atomic mass is 16.2. The number of carbonyl (C=O) groups is 2. The Bertz CT molecular complexity index is 847. The fourth-order valence-corrected chi connectivity index (χ4v) is 4.14. The largest absolute Gasteiger partial charge is 0.355 e. The molecule has 1 aliphatic heterocycles. The van der Waals surface area contributed by atoms with Crippen LogP contribution in [0.1, 0.15) is 39.2 Å². The third-order valence-corrected chi connectivity index (χ3v) is 5.79. The lowest BCUT2D eigenvalue weighted by Crippen LogP contribution is -2.46. The van der Waals surface area contributed by atoms with Crippen LogP contribution in [0.25, 0.3) is 11.1 Å². The molecule has 29 heavy (non-hydrogen) atoms. The van der Waals surface area contributed by atoms with Gasteiger partial charge in [0.1, 0.15) is 0 Å². The molecule has 2 amide bonds. The molecule has 0 saturated carbocycles. The zero-order valence-electron chi connectivity index (χ0n) is 17.8. The predicted molar refractivity (Wildman–Crippen MR) is 117 cm³/mol. The number of likely N-dealkylation sites (tertiary alicyclic amines) is 1. The monoisotopic (exact) mass is 392 g/mol. The van der Waals surface area contributed by atoms with Crippen molar-refractivity contribution in [2.45, 2.75) is 40.0 Å². The van der Waals surface area contributed by atoms with Gasteiger partial charge in [0.2, 0.25) is 11.8 Å². The summed E-state index contributed by atoms with van der Waals surface area (Å²) in [6.07, 6.45) is 1.81. The van der Waals surface area contributed by atoms with Crippen molar-refractivity contribution in [1.29, 1.82) is 0 Å². The summed E-state index contributed by atoms with van der Waals surface area (Å²) >= 11 is 0. The summed E-state index contributed by atoms with van der Waals surface area (Å²) < 4.78 is 0. The molecule has 1 heterocycles. The van der Waals surface area contributed by atoms with Gasteiger partial charge in [-0.2, -0.15) is 0 Å². The lowest BCUT2D eigenvalue weighted by molar-refractivity contribution is -0.133. The first kappa shape index (κ1) is 21.1. The number of nitrogens with one attached hydrogen (secondary N) is 1. The normalized spacial score (nSPS) is 18.8. The van der Waals surface area contributed by atoms with E-state index in [9.17, 15) is 9.59 Å². The van der Waals surface area contributed by atoms with Gasteiger partial charge in [-0.15, -0.1) is 0 Å². The quantitative estimate of drug-likeness (QED) is 0.764. The Morgan fingerprint density at radius 3 is 2.45 bits per heavy atom. The minimum Gasteiger partial charge on any atom is -0.355 e. The van der Waals surface area contributed by atoms with Crippen molar-refractivity contribution in [2.24, 2.45) is 11.3 Å². The molecule has 1 saturated heterocycles. The van der Waals surface area contributed by atoms with Crippen LogP contribution in [0.3, 0.4) is 0 Å². The SMILES string of the molecule is CCC(=O)N1CC[C@](Cc2ccccc2-c2ccccc2)(C(=O)NCC(C)C)C1. The van der Waals surface area contributed by atoms with Crippen LogP contribution in [0.5, 0.6) is 0 Å². The third-order valence-electron chi connectivity index (χ3n) is 5.79. The Morgan fingerprint density at radius 2 is 1.76 bits per heavy atom. The first-order valence-corrected chi connectivity index (χ1v) is 10.6. The Labute approximate surface area is 174 Å².